The molecule has 0 radical (unpaired) electrons. The van der Waals surface area contributed by atoms with Gasteiger partial charge in [0.1, 0.15) is 0 Å². The van der Waals surface area contributed by atoms with Gasteiger partial charge in [0.15, 0.2) is 0 Å². The van der Waals surface area contributed by atoms with Gasteiger partial charge in [0, 0.05) is 44.8 Å². The number of nitrogens with zero attached hydrogens (tertiary/aromatic N) is 4. The summed E-state index contributed by atoms with van der Waals surface area (Å²) in [5.74, 6) is 0.109. The molecule has 0 fully saturated rings. The van der Waals surface area contributed by atoms with E-state index < -0.39 is 10.0 Å². The van der Waals surface area contributed by atoms with Crippen molar-refractivity contribution in [2.75, 3.05) is 18.8 Å². The molecule has 1 aliphatic rings. The molecule has 2 aromatic heterocycles. The summed E-state index contributed by atoms with van der Waals surface area (Å²) in [6.07, 6.45) is 6.19. The van der Waals surface area contributed by atoms with Crippen LogP contribution in [0.1, 0.15) is 30.6 Å². The summed E-state index contributed by atoms with van der Waals surface area (Å²) in [4.78, 5) is 6.52. The summed E-state index contributed by atoms with van der Waals surface area (Å²) in [7, 11) is -3.15. The fourth-order valence-electron chi connectivity index (χ4n) is 3.03. The van der Waals surface area contributed by atoms with Crippen LogP contribution in [0.5, 0.6) is 0 Å². The number of nitrogens with one attached hydrogen (secondary N) is 1. The van der Waals surface area contributed by atoms with E-state index in [4.69, 9.17) is 0 Å². The number of sulfonamides is 1. The molecule has 3 rings (SSSR count). The average Bonchev–Trinajstić information content (AvgIpc) is 3.04. The minimum absolute atomic E-state index is 0.109. The van der Waals surface area contributed by atoms with E-state index in [0.29, 0.717) is 6.54 Å². The Balaban J connectivity index is 1.65. The molecule has 130 valence electrons. The first kappa shape index (κ1) is 17.1. The van der Waals surface area contributed by atoms with Crippen LogP contribution >= 0.6 is 0 Å². The Bertz CT molecular complexity index is 760. The van der Waals surface area contributed by atoms with Gasteiger partial charge in [-0.05, 0) is 31.0 Å². The molecule has 0 bridgehead atoms. The molecule has 0 aromatic carbocycles. The molecule has 8 heteroatoms. The maximum absolute atomic E-state index is 11.6. The van der Waals surface area contributed by atoms with Crippen molar-refractivity contribution < 1.29 is 8.42 Å². The van der Waals surface area contributed by atoms with E-state index in [1.54, 1.807) is 13.1 Å². The lowest BCUT2D eigenvalue weighted by Gasteiger charge is -2.34. The highest BCUT2D eigenvalue weighted by Crippen LogP contribution is 2.24. The van der Waals surface area contributed by atoms with E-state index >= 15 is 0 Å². The monoisotopic (exact) mass is 349 g/mol. The fourth-order valence-corrected chi connectivity index (χ4v) is 3.66. The van der Waals surface area contributed by atoms with Crippen molar-refractivity contribution in [3.63, 3.8) is 0 Å². The Hall–Kier alpha value is -1.77. The molecule has 7 nitrogen and oxygen atoms in total. The number of aromatic nitrogens is 3. The number of fused-ring (bicyclic) bond motifs is 1. The van der Waals surface area contributed by atoms with Crippen molar-refractivity contribution in [2.24, 2.45) is 0 Å². The predicted molar refractivity (Wildman–Crippen MR) is 91.7 cm³/mol. The Morgan fingerprint density at radius 1 is 1.33 bits per heavy atom. The molecular weight excluding hydrogens is 326 g/mol. The van der Waals surface area contributed by atoms with Crippen LogP contribution in [0.15, 0.2) is 36.8 Å². The van der Waals surface area contributed by atoms with Crippen LogP contribution in [-0.4, -0.2) is 46.9 Å². The highest BCUT2D eigenvalue weighted by atomic mass is 32.2. The minimum Gasteiger partial charge on any atom is -0.291 e. The quantitative estimate of drug-likeness (QED) is 0.811. The lowest BCUT2D eigenvalue weighted by atomic mass is 10.1. The molecular formula is C16H23N5O2S. The summed E-state index contributed by atoms with van der Waals surface area (Å²) in [6, 6.07) is 6.21. The van der Waals surface area contributed by atoms with Gasteiger partial charge in [-0.2, -0.15) is 5.10 Å². The summed E-state index contributed by atoms with van der Waals surface area (Å²) < 4.78 is 27.9. The van der Waals surface area contributed by atoms with Crippen LogP contribution in [0, 0.1) is 0 Å². The van der Waals surface area contributed by atoms with Crippen molar-refractivity contribution in [1.82, 2.24) is 24.4 Å². The number of hydrogen-bond acceptors (Lipinski definition) is 5. The Labute approximate surface area is 142 Å². The van der Waals surface area contributed by atoms with Gasteiger partial charge in [-0.3, -0.25) is 14.6 Å². The van der Waals surface area contributed by atoms with Crippen LogP contribution in [0.3, 0.4) is 0 Å². The average molecular weight is 349 g/mol. The molecule has 1 atom stereocenters. The lowest BCUT2D eigenvalue weighted by molar-refractivity contribution is 0.162. The summed E-state index contributed by atoms with van der Waals surface area (Å²) >= 11 is 0. The predicted octanol–water partition coefficient (Wildman–Crippen LogP) is 1.16. The van der Waals surface area contributed by atoms with Gasteiger partial charge >= 0.3 is 0 Å². The zero-order chi connectivity index (χ0) is 17.0. The third-order valence-electron chi connectivity index (χ3n) is 4.26. The first-order valence-electron chi connectivity index (χ1n) is 8.18. The van der Waals surface area contributed by atoms with Crippen LogP contribution in [0.4, 0.5) is 0 Å². The molecule has 0 unspecified atom stereocenters. The second kappa shape index (κ2) is 7.42. The molecule has 0 saturated carbocycles. The number of hydrogen-bond donors (Lipinski definition) is 1. The molecule has 0 amide bonds. The van der Waals surface area contributed by atoms with Crippen molar-refractivity contribution in [3.8, 4) is 0 Å². The molecule has 1 N–H and O–H groups in total. The smallest absolute Gasteiger partial charge is 0.211 e. The number of rotatable bonds is 7. The van der Waals surface area contributed by atoms with Crippen LogP contribution in [-0.2, 0) is 23.1 Å². The van der Waals surface area contributed by atoms with Gasteiger partial charge in [0.05, 0.1) is 17.5 Å². The highest BCUT2D eigenvalue weighted by molar-refractivity contribution is 7.89. The molecule has 0 spiro atoms. The third kappa shape index (κ3) is 4.19. The van der Waals surface area contributed by atoms with Crippen LogP contribution in [0.2, 0.25) is 0 Å². The van der Waals surface area contributed by atoms with E-state index in [1.807, 2.05) is 29.2 Å². The minimum atomic E-state index is -3.15. The molecule has 3 heterocycles. The Kier molecular flexibility index (Phi) is 5.27. The SMILES string of the molecule is CCS(=O)(=O)NCC[C@@H]1CN(Cc2cccnc2)Cc2ccnn21. The normalized spacial score (nSPS) is 18.5. The van der Waals surface area contributed by atoms with Gasteiger partial charge in [-0.1, -0.05) is 6.07 Å². The second-order valence-corrected chi connectivity index (χ2v) is 8.13. The van der Waals surface area contributed by atoms with Crippen molar-refractivity contribution in [3.05, 3.63) is 48.0 Å². The van der Waals surface area contributed by atoms with E-state index in [9.17, 15) is 8.42 Å². The summed E-state index contributed by atoms with van der Waals surface area (Å²) in [5, 5.41) is 4.42. The fraction of sp³-hybridized carbons (Fsp3) is 0.500. The first-order valence-corrected chi connectivity index (χ1v) is 9.83. The topological polar surface area (TPSA) is 80.1 Å². The maximum Gasteiger partial charge on any atom is 0.211 e. The Morgan fingerprint density at radius 2 is 2.21 bits per heavy atom. The van der Waals surface area contributed by atoms with E-state index in [2.05, 4.69) is 25.8 Å². The van der Waals surface area contributed by atoms with Crippen molar-refractivity contribution in [1.29, 1.82) is 0 Å². The molecule has 24 heavy (non-hydrogen) atoms. The van der Waals surface area contributed by atoms with Gasteiger partial charge in [0.2, 0.25) is 10.0 Å². The molecule has 2 aromatic rings. The van der Waals surface area contributed by atoms with E-state index in [0.717, 1.165) is 31.7 Å². The Morgan fingerprint density at radius 3 is 2.96 bits per heavy atom. The second-order valence-electron chi connectivity index (χ2n) is 6.04. The van der Waals surface area contributed by atoms with Gasteiger partial charge < -0.3 is 0 Å². The molecule has 0 aliphatic carbocycles. The van der Waals surface area contributed by atoms with Crippen LogP contribution < -0.4 is 4.72 Å². The van der Waals surface area contributed by atoms with E-state index in [1.165, 1.54) is 5.56 Å². The maximum atomic E-state index is 11.6. The van der Waals surface area contributed by atoms with Gasteiger partial charge in [-0.25, -0.2) is 13.1 Å². The van der Waals surface area contributed by atoms with Gasteiger partial charge in [0.25, 0.3) is 0 Å². The largest absolute Gasteiger partial charge is 0.291 e. The molecule has 1 aliphatic heterocycles. The number of pyridine rings is 1. The third-order valence-corrected chi connectivity index (χ3v) is 5.67. The first-order chi connectivity index (χ1) is 11.6. The van der Waals surface area contributed by atoms with Gasteiger partial charge in [-0.15, -0.1) is 0 Å². The van der Waals surface area contributed by atoms with Crippen LogP contribution in [0.25, 0.3) is 0 Å². The summed E-state index contributed by atoms with van der Waals surface area (Å²) in [5.41, 5.74) is 2.34. The molecule has 0 saturated heterocycles. The summed E-state index contributed by atoms with van der Waals surface area (Å²) in [6.45, 7) is 4.59. The van der Waals surface area contributed by atoms with Crippen molar-refractivity contribution in [2.45, 2.75) is 32.5 Å². The van der Waals surface area contributed by atoms with Crippen molar-refractivity contribution >= 4 is 10.0 Å². The zero-order valence-electron chi connectivity index (χ0n) is 13.8. The zero-order valence-corrected chi connectivity index (χ0v) is 14.6. The van der Waals surface area contributed by atoms with E-state index in [-0.39, 0.29) is 11.8 Å². The lowest BCUT2D eigenvalue weighted by Crippen LogP contribution is -2.39. The highest BCUT2D eigenvalue weighted by Gasteiger charge is 2.25. The standard InChI is InChI=1S/C16H23N5O2S/c1-2-24(22,23)19-9-6-16-13-20(11-14-4-3-7-17-10-14)12-15-5-8-18-21(15)16/h3-5,7-8,10,16,19H,2,6,9,11-13H2,1H3/t16-/m1/s1.